The summed E-state index contributed by atoms with van der Waals surface area (Å²) in [7, 11) is 0. The average molecular weight is 417 g/mol. The molecule has 0 aliphatic carbocycles. The van der Waals surface area contributed by atoms with Crippen molar-refractivity contribution in [1.82, 2.24) is 14.7 Å². The van der Waals surface area contributed by atoms with Gasteiger partial charge in [0.05, 0.1) is 6.42 Å². The van der Waals surface area contributed by atoms with E-state index in [2.05, 4.69) is 16.8 Å². The highest BCUT2D eigenvalue weighted by molar-refractivity contribution is 6.31. The van der Waals surface area contributed by atoms with Crippen molar-refractivity contribution < 1.29 is 14.4 Å². The number of halogens is 1. The second kappa shape index (κ2) is 8.16. The van der Waals surface area contributed by atoms with Crippen LogP contribution in [-0.4, -0.2) is 77.7 Å². The van der Waals surface area contributed by atoms with E-state index in [1.165, 1.54) is 6.08 Å². The van der Waals surface area contributed by atoms with Gasteiger partial charge in [0.2, 0.25) is 17.7 Å². The van der Waals surface area contributed by atoms with Crippen molar-refractivity contribution in [2.45, 2.75) is 25.3 Å². The molecule has 0 bridgehead atoms. The number of rotatable bonds is 5. The number of hydrogen-bond acceptors (Lipinski definition) is 4. The molecule has 3 amide bonds. The summed E-state index contributed by atoms with van der Waals surface area (Å²) >= 11 is 6.17. The Morgan fingerprint density at radius 3 is 2.59 bits per heavy atom. The van der Waals surface area contributed by atoms with Crippen molar-refractivity contribution in [3.63, 3.8) is 0 Å². The Balaban J connectivity index is 1.26. The van der Waals surface area contributed by atoms with E-state index in [0.29, 0.717) is 43.4 Å². The van der Waals surface area contributed by atoms with Crippen LogP contribution in [0.4, 0.5) is 5.69 Å². The van der Waals surface area contributed by atoms with Gasteiger partial charge in [0, 0.05) is 62.4 Å². The van der Waals surface area contributed by atoms with Crippen LogP contribution in [0.5, 0.6) is 0 Å². The Labute approximate surface area is 175 Å². The second-order valence-electron chi connectivity index (χ2n) is 7.84. The SMILES string of the molecule is C=CC(=O)N1CC(N2CCN(C(=O)CCc3cc(Cl)cc4c3NC(=O)C4)CC2)C1. The zero-order chi connectivity index (χ0) is 20.5. The van der Waals surface area contributed by atoms with Gasteiger partial charge in [0.1, 0.15) is 0 Å². The minimum absolute atomic E-state index is 0.0150. The number of fused-ring (bicyclic) bond motifs is 1. The Bertz CT molecular complexity index is 858. The monoisotopic (exact) mass is 416 g/mol. The van der Waals surface area contributed by atoms with Crippen molar-refractivity contribution in [2.75, 3.05) is 44.6 Å². The number of carbonyl (C=O) groups excluding carboxylic acids is 3. The lowest BCUT2D eigenvalue weighted by Crippen LogP contribution is -2.64. The summed E-state index contributed by atoms with van der Waals surface area (Å²) in [5.74, 6) is 0.0776. The average Bonchev–Trinajstić information content (AvgIpc) is 3.05. The molecule has 0 radical (unpaired) electrons. The number of piperazine rings is 1. The van der Waals surface area contributed by atoms with Gasteiger partial charge < -0.3 is 15.1 Å². The van der Waals surface area contributed by atoms with Crippen LogP contribution in [0.2, 0.25) is 5.02 Å². The maximum Gasteiger partial charge on any atom is 0.246 e. The molecule has 3 heterocycles. The molecular formula is C21H25ClN4O3. The molecule has 2 saturated heterocycles. The topological polar surface area (TPSA) is 73.0 Å². The smallest absolute Gasteiger partial charge is 0.246 e. The number of likely N-dealkylation sites (tertiary alicyclic amines) is 1. The predicted molar refractivity (Wildman–Crippen MR) is 111 cm³/mol. The molecule has 8 heteroatoms. The summed E-state index contributed by atoms with van der Waals surface area (Å²) < 4.78 is 0. The van der Waals surface area contributed by atoms with Gasteiger partial charge in [-0.2, -0.15) is 0 Å². The number of hydrogen-bond donors (Lipinski definition) is 1. The van der Waals surface area contributed by atoms with Crippen LogP contribution >= 0.6 is 11.6 Å². The molecule has 0 spiro atoms. The first-order valence-electron chi connectivity index (χ1n) is 9.99. The van der Waals surface area contributed by atoms with Crippen LogP contribution < -0.4 is 5.32 Å². The lowest BCUT2D eigenvalue weighted by Gasteiger charge is -2.47. The third-order valence-corrected chi connectivity index (χ3v) is 6.24. The molecule has 154 valence electrons. The molecule has 3 aliphatic heterocycles. The highest BCUT2D eigenvalue weighted by Crippen LogP contribution is 2.31. The normalized spacial score (nSPS) is 19.6. The summed E-state index contributed by atoms with van der Waals surface area (Å²) in [6.45, 7) is 8.07. The molecule has 0 unspecified atom stereocenters. The van der Waals surface area contributed by atoms with Gasteiger partial charge in [0.25, 0.3) is 0 Å². The van der Waals surface area contributed by atoms with Gasteiger partial charge in [-0.1, -0.05) is 18.2 Å². The Morgan fingerprint density at radius 2 is 1.90 bits per heavy atom. The van der Waals surface area contributed by atoms with Gasteiger partial charge in [-0.3, -0.25) is 19.3 Å². The van der Waals surface area contributed by atoms with Crippen LogP contribution in [0.25, 0.3) is 0 Å². The van der Waals surface area contributed by atoms with Crippen LogP contribution in [0.1, 0.15) is 17.5 Å². The third kappa shape index (κ3) is 4.16. The van der Waals surface area contributed by atoms with Crippen molar-refractivity contribution in [2.24, 2.45) is 0 Å². The van der Waals surface area contributed by atoms with E-state index in [-0.39, 0.29) is 17.7 Å². The van der Waals surface area contributed by atoms with Crippen molar-refractivity contribution in [1.29, 1.82) is 0 Å². The number of benzene rings is 1. The van der Waals surface area contributed by atoms with Crippen molar-refractivity contribution >= 4 is 35.0 Å². The summed E-state index contributed by atoms with van der Waals surface area (Å²) in [6, 6.07) is 4.03. The number of nitrogens with one attached hydrogen (secondary N) is 1. The summed E-state index contributed by atoms with van der Waals surface area (Å²) in [4.78, 5) is 42.0. The minimum atomic E-state index is -0.0321. The third-order valence-electron chi connectivity index (χ3n) is 6.02. The first kappa shape index (κ1) is 19.9. The predicted octanol–water partition coefficient (Wildman–Crippen LogP) is 1.31. The molecule has 0 aromatic heterocycles. The summed E-state index contributed by atoms with van der Waals surface area (Å²) in [6.07, 6.45) is 2.65. The van der Waals surface area contributed by atoms with Crippen LogP contribution in [0, 0.1) is 0 Å². The number of nitrogens with zero attached hydrogens (tertiary/aromatic N) is 3. The highest BCUT2D eigenvalue weighted by atomic mass is 35.5. The summed E-state index contributed by atoms with van der Waals surface area (Å²) in [5, 5.41) is 3.48. The van der Waals surface area contributed by atoms with E-state index in [0.717, 1.165) is 43.0 Å². The second-order valence-corrected chi connectivity index (χ2v) is 8.28. The van der Waals surface area contributed by atoms with Crippen molar-refractivity contribution in [3.8, 4) is 0 Å². The van der Waals surface area contributed by atoms with Gasteiger partial charge in [0.15, 0.2) is 0 Å². The number of amides is 3. The molecule has 7 nitrogen and oxygen atoms in total. The molecule has 1 N–H and O–H groups in total. The molecule has 1 aromatic carbocycles. The summed E-state index contributed by atoms with van der Waals surface area (Å²) in [5.41, 5.74) is 2.65. The number of anilines is 1. The van der Waals surface area contributed by atoms with Gasteiger partial charge in [-0.05, 0) is 35.8 Å². The van der Waals surface area contributed by atoms with Gasteiger partial charge >= 0.3 is 0 Å². The molecule has 1 aromatic rings. The van der Waals surface area contributed by atoms with E-state index in [1.807, 2.05) is 17.0 Å². The molecule has 2 fully saturated rings. The van der Waals surface area contributed by atoms with E-state index in [9.17, 15) is 14.4 Å². The van der Waals surface area contributed by atoms with E-state index in [4.69, 9.17) is 11.6 Å². The molecule has 0 saturated carbocycles. The van der Waals surface area contributed by atoms with E-state index < -0.39 is 0 Å². The Hall–Kier alpha value is -2.38. The van der Waals surface area contributed by atoms with Crippen molar-refractivity contribution in [3.05, 3.63) is 40.9 Å². The zero-order valence-electron chi connectivity index (χ0n) is 16.3. The van der Waals surface area contributed by atoms with Gasteiger partial charge in [-0.15, -0.1) is 0 Å². The zero-order valence-corrected chi connectivity index (χ0v) is 17.1. The lowest BCUT2D eigenvalue weighted by molar-refractivity contribution is -0.136. The fourth-order valence-electron chi connectivity index (χ4n) is 4.31. The fourth-order valence-corrected chi connectivity index (χ4v) is 4.57. The van der Waals surface area contributed by atoms with Gasteiger partial charge in [-0.25, -0.2) is 0 Å². The van der Waals surface area contributed by atoms with Crippen LogP contribution in [-0.2, 0) is 27.2 Å². The van der Waals surface area contributed by atoms with E-state index >= 15 is 0 Å². The van der Waals surface area contributed by atoms with Crippen LogP contribution in [0.15, 0.2) is 24.8 Å². The first-order chi connectivity index (χ1) is 13.9. The lowest BCUT2D eigenvalue weighted by atomic mass is 10.0. The van der Waals surface area contributed by atoms with E-state index in [1.54, 1.807) is 4.90 Å². The molecule has 3 aliphatic rings. The molecule has 29 heavy (non-hydrogen) atoms. The molecule has 4 rings (SSSR count). The minimum Gasteiger partial charge on any atom is -0.340 e. The maximum absolute atomic E-state index is 12.7. The Kier molecular flexibility index (Phi) is 5.61. The number of aryl methyl sites for hydroxylation is 1. The first-order valence-corrected chi connectivity index (χ1v) is 10.4. The number of carbonyl (C=O) groups is 3. The molecular weight excluding hydrogens is 392 g/mol. The fraction of sp³-hybridized carbons (Fsp3) is 0.476. The molecule has 0 atom stereocenters. The quantitative estimate of drug-likeness (QED) is 0.734. The maximum atomic E-state index is 12.7. The highest BCUT2D eigenvalue weighted by Gasteiger charge is 2.35. The Morgan fingerprint density at radius 1 is 1.17 bits per heavy atom. The largest absolute Gasteiger partial charge is 0.340 e. The van der Waals surface area contributed by atoms with Crippen LogP contribution in [0.3, 0.4) is 0 Å². The standard InChI is InChI=1S/C21H25ClN4O3/c1-2-19(28)26-12-17(13-26)24-5-7-25(8-6-24)20(29)4-3-14-9-16(22)10-15-11-18(27)23-21(14)15/h2,9-10,17H,1,3-8,11-13H2,(H,23,27).